The van der Waals surface area contributed by atoms with E-state index in [2.05, 4.69) is 10.3 Å². The lowest BCUT2D eigenvalue weighted by Crippen LogP contribution is -2.09. The molecule has 70 valence electrons. The first kappa shape index (κ1) is 8.41. The van der Waals surface area contributed by atoms with Crippen molar-refractivity contribution in [2.75, 3.05) is 11.9 Å². The number of aromatic nitrogens is 1. The van der Waals surface area contributed by atoms with E-state index in [1.807, 2.05) is 6.07 Å². The maximum atomic E-state index is 12.4. The molecule has 1 aromatic heterocycles. The molecule has 0 saturated heterocycles. The van der Waals surface area contributed by atoms with Crippen molar-refractivity contribution in [1.29, 1.82) is 0 Å². The number of pyridine rings is 1. The normalized spacial score (nSPS) is 24.0. The molecule has 2 nitrogen and oxygen atoms in total. The standard InChI is InChI=1S/C9H10F2N2/c10-9(11)5-7(9)6-13-8-3-1-2-4-12-8/h1-4,7H,5-6H2,(H,12,13)/t7-/m1/s1. The van der Waals surface area contributed by atoms with Gasteiger partial charge >= 0.3 is 0 Å². The molecule has 2 rings (SSSR count). The van der Waals surface area contributed by atoms with Crippen LogP contribution in [0.3, 0.4) is 0 Å². The molecule has 0 spiro atoms. The van der Waals surface area contributed by atoms with Gasteiger partial charge in [0, 0.05) is 25.1 Å². The number of rotatable bonds is 3. The van der Waals surface area contributed by atoms with Crippen LogP contribution in [0.2, 0.25) is 0 Å². The quantitative estimate of drug-likeness (QED) is 0.778. The first-order chi connectivity index (χ1) is 6.18. The summed E-state index contributed by atoms with van der Waals surface area (Å²) in [5, 5.41) is 2.87. The summed E-state index contributed by atoms with van der Waals surface area (Å²) in [5.41, 5.74) is 0. The third kappa shape index (κ3) is 1.94. The highest BCUT2D eigenvalue weighted by Gasteiger charge is 2.56. The van der Waals surface area contributed by atoms with E-state index < -0.39 is 11.8 Å². The number of nitrogens with zero attached hydrogens (tertiary/aromatic N) is 1. The van der Waals surface area contributed by atoms with Crippen LogP contribution in [0.25, 0.3) is 0 Å². The highest BCUT2D eigenvalue weighted by molar-refractivity contribution is 5.33. The van der Waals surface area contributed by atoms with E-state index in [0.29, 0.717) is 12.4 Å². The fourth-order valence-electron chi connectivity index (χ4n) is 1.19. The number of hydrogen-bond donors (Lipinski definition) is 1. The van der Waals surface area contributed by atoms with Gasteiger partial charge in [-0.25, -0.2) is 13.8 Å². The van der Waals surface area contributed by atoms with Gasteiger partial charge in [-0.3, -0.25) is 0 Å². The Labute approximate surface area is 75.0 Å². The second-order valence-corrected chi connectivity index (χ2v) is 3.26. The van der Waals surface area contributed by atoms with Crippen LogP contribution in [0.1, 0.15) is 6.42 Å². The molecule has 1 atom stereocenters. The van der Waals surface area contributed by atoms with Crippen molar-refractivity contribution in [3.8, 4) is 0 Å². The third-order valence-corrected chi connectivity index (χ3v) is 2.15. The minimum Gasteiger partial charge on any atom is -0.370 e. The van der Waals surface area contributed by atoms with Crippen LogP contribution in [0, 0.1) is 5.92 Å². The zero-order valence-corrected chi connectivity index (χ0v) is 7.00. The van der Waals surface area contributed by atoms with E-state index in [0.717, 1.165) is 0 Å². The minimum absolute atomic E-state index is 0.00678. The Morgan fingerprint density at radius 2 is 2.31 bits per heavy atom. The maximum absolute atomic E-state index is 12.4. The largest absolute Gasteiger partial charge is 0.370 e. The molecule has 0 aliphatic heterocycles. The zero-order valence-electron chi connectivity index (χ0n) is 7.00. The van der Waals surface area contributed by atoms with Gasteiger partial charge in [-0.2, -0.15) is 0 Å². The molecule has 13 heavy (non-hydrogen) atoms. The van der Waals surface area contributed by atoms with Crippen LogP contribution < -0.4 is 5.32 Å². The molecule has 1 aromatic rings. The predicted molar refractivity (Wildman–Crippen MR) is 45.8 cm³/mol. The maximum Gasteiger partial charge on any atom is 0.253 e. The van der Waals surface area contributed by atoms with Crippen molar-refractivity contribution < 1.29 is 8.78 Å². The smallest absolute Gasteiger partial charge is 0.253 e. The first-order valence-electron chi connectivity index (χ1n) is 4.21. The molecule has 1 heterocycles. The number of hydrogen-bond acceptors (Lipinski definition) is 2. The van der Waals surface area contributed by atoms with Crippen molar-refractivity contribution in [3.63, 3.8) is 0 Å². The Kier molecular flexibility index (Phi) is 1.90. The molecule has 1 aliphatic rings. The van der Waals surface area contributed by atoms with Gasteiger partial charge in [-0.05, 0) is 12.1 Å². The summed E-state index contributed by atoms with van der Waals surface area (Å²) >= 11 is 0. The zero-order chi connectivity index (χ0) is 9.31. The topological polar surface area (TPSA) is 24.9 Å². The SMILES string of the molecule is FC1(F)C[C@@H]1CNc1ccccn1. The molecule has 0 radical (unpaired) electrons. The molecule has 1 saturated carbocycles. The van der Waals surface area contributed by atoms with Crippen LogP contribution in [0.4, 0.5) is 14.6 Å². The van der Waals surface area contributed by atoms with E-state index >= 15 is 0 Å². The number of anilines is 1. The molecular weight excluding hydrogens is 174 g/mol. The summed E-state index contributed by atoms with van der Waals surface area (Å²) in [6.07, 6.45) is 1.64. The van der Waals surface area contributed by atoms with Crippen LogP contribution in [-0.4, -0.2) is 17.5 Å². The monoisotopic (exact) mass is 184 g/mol. The molecule has 1 fully saturated rings. The average molecular weight is 184 g/mol. The lowest BCUT2D eigenvalue weighted by Gasteiger charge is -2.02. The van der Waals surface area contributed by atoms with Gasteiger partial charge in [0.15, 0.2) is 0 Å². The minimum atomic E-state index is -2.44. The van der Waals surface area contributed by atoms with Crippen molar-refractivity contribution in [2.45, 2.75) is 12.3 Å². The van der Waals surface area contributed by atoms with E-state index in [1.165, 1.54) is 0 Å². The number of alkyl halides is 2. The van der Waals surface area contributed by atoms with Gasteiger partial charge < -0.3 is 5.32 Å². The van der Waals surface area contributed by atoms with E-state index in [4.69, 9.17) is 0 Å². The Bertz CT molecular complexity index is 287. The summed E-state index contributed by atoms with van der Waals surface area (Å²) in [7, 11) is 0. The van der Waals surface area contributed by atoms with Gasteiger partial charge in [-0.1, -0.05) is 6.07 Å². The van der Waals surface area contributed by atoms with E-state index in [1.54, 1.807) is 18.3 Å². The van der Waals surface area contributed by atoms with E-state index in [9.17, 15) is 8.78 Å². The van der Waals surface area contributed by atoms with Gasteiger partial charge in [0.1, 0.15) is 5.82 Å². The molecule has 0 unspecified atom stereocenters. The Morgan fingerprint density at radius 3 is 2.85 bits per heavy atom. The van der Waals surface area contributed by atoms with Crippen molar-refractivity contribution in [2.24, 2.45) is 5.92 Å². The Hall–Kier alpha value is -1.19. The first-order valence-corrected chi connectivity index (χ1v) is 4.21. The predicted octanol–water partition coefficient (Wildman–Crippen LogP) is 2.15. The van der Waals surface area contributed by atoms with Crippen molar-refractivity contribution >= 4 is 5.82 Å². The van der Waals surface area contributed by atoms with Crippen molar-refractivity contribution in [1.82, 2.24) is 4.98 Å². The molecular formula is C9H10F2N2. The van der Waals surface area contributed by atoms with Crippen LogP contribution >= 0.6 is 0 Å². The highest BCUT2D eigenvalue weighted by Crippen LogP contribution is 2.48. The Morgan fingerprint density at radius 1 is 1.54 bits per heavy atom. The van der Waals surface area contributed by atoms with Gasteiger partial charge in [0.25, 0.3) is 5.92 Å². The fraction of sp³-hybridized carbons (Fsp3) is 0.444. The Balaban J connectivity index is 1.82. The molecule has 1 aliphatic carbocycles. The van der Waals surface area contributed by atoms with Crippen LogP contribution in [0.5, 0.6) is 0 Å². The molecule has 0 amide bonds. The van der Waals surface area contributed by atoms with E-state index in [-0.39, 0.29) is 6.42 Å². The fourth-order valence-corrected chi connectivity index (χ4v) is 1.19. The molecule has 4 heteroatoms. The second kappa shape index (κ2) is 2.94. The third-order valence-electron chi connectivity index (χ3n) is 2.15. The number of nitrogens with one attached hydrogen (secondary N) is 1. The van der Waals surface area contributed by atoms with Crippen LogP contribution in [0.15, 0.2) is 24.4 Å². The van der Waals surface area contributed by atoms with Gasteiger partial charge in [0.05, 0.1) is 0 Å². The molecule has 0 aromatic carbocycles. The molecule has 1 N–H and O–H groups in total. The summed E-state index contributed by atoms with van der Waals surface area (Å²) in [6, 6.07) is 5.37. The lowest BCUT2D eigenvalue weighted by molar-refractivity contribution is 0.101. The second-order valence-electron chi connectivity index (χ2n) is 3.26. The van der Waals surface area contributed by atoms with Gasteiger partial charge in [-0.15, -0.1) is 0 Å². The summed E-state index contributed by atoms with van der Waals surface area (Å²) in [5.74, 6) is -2.29. The average Bonchev–Trinajstić information content (AvgIpc) is 2.73. The highest BCUT2D eigenvalue weighted by atomic mass is 19.3. The van der Waals surface area contributed by atoms with Crippen LogP contribution in [-0.2, 0) is 0 Å². The summed E-state index contributed by atoms with van der Waals surface area (Å²) < 4.78 is 24.9. The van der Waals surface area contributed by atoms with Crippen molar-refractivity contribution in [3.05, 3.63) is 24.4 Å². The lowest BCUT2D eigenvalue weighted by atomic mass is 10.4. The summed E-state index contributed by atoms with van der Waals surface area (Å²) in [6.45, 7) is 0.310. The van der Waals surface area contributed by atoms with Gasteiger partial charge in [0.2, 0.25) is 0 Å². The number of halogens is 2. The summed E-state index contributed by atoms with van der Waals surface area (Å²) in [4.78, 5) is 3.97. The molecule has 0 bridgehead atoms.